The summed E-state index contributed by atoms with van der Waals surface area (Å²) in [5, 5.41) is 34.1. The van der Waals surface area contributed by atoms with Gasteiger partial charge in [0.25, 0.3) is 0 Å². The average Bonchev–Trinajstić information content (AvgIpc) is 3.61. The normalized spacial score (nSPS) is 60.2. The Morgan fingerprint density at radius 1 is 1.03 bits per heavy atom. The minimum absolute atomic E-state index is 0.155. The molecule has 6 aliphatic rings. The van der Waals surface area contributed by atoms with E-state index in [1.807, 2.05) is 0 Å². The van der Waals surface area contributed by atoms with Gasteiger partial charge in [0.15, 0.2) is 0 Å². The first-order valence-electron chi connectivity index (χ1n) is 12.4. The van der Waals surface area contributed by atoms with Gasteiger partial charge in [0.1, 0.15) is 5.60 Å². The van der Waals surface area contributed by atoms with Crippen LogP contribution in [0.1, 0.15) is 65.7 Å². The van der Waals surface area contributed by atoms with Gasteiger partial charge in [-0.2, -0.15) is 0 Å². The maximum Gasteiger partial charge on any atom is 0.384 e. The van der Waals surface area contributed by atoms with Gasteiger partial charge in [-0.05, 0) is 86.4 Å². The second-order valence-electron chi connectivity index (χ2n) is 12.2. The molecule has 5 heteroatoms. The summed E-state index contributed by atoms with van der Waals surface area (Å²) in [6, 6.07) is 0. The number of ether oxygens (including phenoxy) is 1. The third kappa shape index (κ3) is 2.32. The molecule has 3 N–H and O–H groups in total. The van der Waals surface area contributed by atoms with Gasteiger partial charge < -0.3 is 20.1 Å². The average molecular weight is 429 g/mol. The second kappa shape index (κ2) is 6.07. The summed E-state index contributed by atoms with van der Waals surface area (Å²) in [4.78, 5) is 11.9. The number of rotatable bonds is 1. The fourth-order valence-corrected chi connectivity index (χ4v) is 9.71. The third-order valence-corrected chi connectivity index (χ3v) is 11.2. The van der Waals surface area contributed by atoms with Crippen molar-refractivity contribution >= 4 is 5.97 Å². The monoisotopic (exact) mass is 428 g/mol. The Labute approximate surface area is 184 Å². The number of esters is 1. The van der Waals surface area contributed by atoms with Crippen LogP contribution in [0.5, 0.6) is 0 Å². The lowest BCUT2D eigenvalue weighted by molar-refractivity contribution is -0.233. The molecule has 0 aliphatic heterocycles. The quantitative estimate of drug-likeness (QED) is 0.339. The van der Waals surface area contributed by atoms with Gasteiger partial charge in [-0.1, -0.05) is 19.8 Å². The van der Waals surface area contributed by atoms with Gasteiger partial charge in [0.05, 0.1) is 18.3 Å². The maximum absolute atomic E-state index is 11.9. The lowest BCUT2D eigenvalue weighted by atomic mass is 9.42. The highest BCUT2D eigenvalue weighted by atomic mass is 16.5. The van der Waals surface area contributed by atoms with Crippen molar-refractivity contribution in [3.05, 3.63) is 0 Å². The van der Waals surface area contributed by atoms with Crippen LogP contribution in [-0.4, -0.2) is 45.2 Å². The van der Waals surface area contributed by atoms with E-state index >= 15 is 0 Å². The standard InChI is InChI=1S/C26H36O5/c1-4-31-20(28)7-10-25(29)19-12-16(19)22-21-15-11-18(15)26(30)13-14(27)5-8-23(26,2)17(21)6-9-24(22,25)3/h14-19,21-22,27,29-30H,4-6,8-9,11-13H2,1-3H3/t14-,15?,16+,17?,18+,19?,21?,22?,23+,24-,25-,26+/m0/s1. The SMILES string of the molecule is CCOC(=O)C#C[C@]1(O)C2C[C@H]2C2C3C4C[C@H]4[C@]4(O)C[C@@H](O)CC[C@]4(C)C3CC[C@@]21C. The molecule has 5 nitrogen and oxygen atoms in total. The molecule has 0 aromatic carbocycles. The van der Waals surface area contributed by atoms with Crippen molar-refractivity contribution < 1.29 is 24.9 Å². The Morgan fingerprint density at radius 3 is 2.48 bits per heavy atom. The summed E-state index contributed by atoms with van der Waals surface area (Å²) in [5.41, 5.74) is -2.33. The predicted octanol–water partition coefficient (Wildman–Crippen LogP) is 2.51. The zero-order valence-corrected chi connectivity index (χ0v) is 18.9. The molecule has 6 saturated carbocycles. The number of carbonyl (C=O) groups excluding carboxylic acids is 1. The van der Waals surface area contributed by atoms with Crippen LogP contribution in [0.2, 0.25) is 0 Å². The van der Waals surface area contributed by atoms with E-state index in [1.54, 1.807) is 6.92 Å². The highest BCUT2D eigenvalue weighted by molar-refractivity contribution is 5.88. The summed E-state index contributed by atoms with van der Waals surface area (Å²) in [6.45, 7) is 6.56. The molecule has 0 radical (unpaired) electrons. The number of aliphatic hydroxyl groups is 3. The van der Waals surface area contributed by atoms with Gasteiger partial charge in [-0.25, -0.2) is 4.79 Å². The molecule has 6 aliphatic carbocycles. The molecule has 170 valence electrons. The van der Waals surface area contributed by atoms with Crippen molar-refractivity contribution in [3.63, 3.8) is 0 Å². The van der Waals surface area contributed by atoms with E-state index < -0.39 is 17.2 Å². The van der Waals surface area contributed by atoms with E-state index in [9.17, 15) is 20.1 Å². The van der Waals surface area contributed by atoms with Crippen LogP contribution < -0.4 is 0 Å². The number of hydrogen-bond donors (Lipinski definition) is 3. The summed E-state index contributed by atoms with van der Waals surface area (Å²) in [5.74, 6) is 7.86. The molecule has 6 fully saturated rings. The van der Waals surface area contributed by atoms with E-state index in [-0.39, 0.29) is 28.8 Å². The van der Waals surface area contributed by atoms with Crippen LogP contribution in [0.4, 0.5) is 0 Å². The maximum atomic E-state index is 11.9. The zero-order chi connectivity index (χ0) is 22.0. The third-order valence-electron chi connectivity index (χ3n) is 11.2. The molecule has 0 amide bonds. The number of carbonyl (C=O) groups is 1. The minimum atomic E-state index is -1.12. The van der Waals surface area contributed by atoms with Crippen LogP contribution in [0.25, 0.3) is 0 Å². The van der Waals surface area contributed by atoms with Crippen LogP contribution in [0.15, 0.2) is 0 Å². The van der Waals surface area contributed by atoms with Crippen LogP contribution in [-0.2, 0) is 9.53 Å². The lowest BCUT2D eigenvalue weighted by Gasteiger charge is -2.64. The van der Waals surface area contributed by atoms with Crippen LogP contribution in [0.3, 0.4) is 0 Å². The number of fused-ring (bicyclic) bond motifs is 10. The van der Waals surface area contributed by atoms with E-state index in [0.717, 1.165) is 38.5 Å². The van der Waals surface area contributed by atoms with E-state index in [1.165, 1.54) is 0 Å². The van der Waals surface area contributed by atoms with Gasteiger partial charge in [0, 0.05) is 23.7 Å². The molecule has 6 rings (SSSR count). The van der Waals surface area contributed by atoms with Crippen molar-refractivity contribution in [2.24, 2.45) is 52.3 Å². The fraction of sp³-hybridized carbons (Fsp3) is 0.885. The van der Waals surface area contributed by atoms with Gasteiger partial charge in [-0.15, -0.1) is 0 Å². The Hall–Kier alpha value is -1.09. The molecule has 0 heterocycles. The smallest absolute Gasteiger partial charge is 0.384 e. The van der Waals surface area contributed by atoms with Crippen LogP contribution in [0, 0.1) is 64.1 Å². The summed E-state index contributed by atoms with van der Waals surface area (Å²) >= 11 is 0. The molecule has 0 saturated heterocycles. The Kier molecular flexibility index (Phi) is 4.02. The van der Waals surface area contributed by atoms with Crippen molar-refractivity contribution in [1.29, 1.82) is 0 Å². The topological polar surface area (TPSA) is 87.0 Å². The van der Waals surface area contributed by atoms with Gasteiger partial charge in [0.2, 0.25) is 0 Å². The first kappa shape index (κ1) is 20.5. The van der Waals surface area contributed by atoms with Crippen molar-refractivity contribution in [2.75, 3.05) is 6.61 Å². The van der Waals surface area contributed by atoms with E-state index in [2.05, 4.69) is 25.7 Å². The minimum Gasteiger partial charge on any atom is -0.456 e. The molecule has 0 aromatic rings. The largest absolute Gasteiger partial charge is 0.456 e. The number of aliphatic hydroxyl groups excluding tert-OH is 1. The molecule has 0 bridgehead atoms. The van der Waals surface area contributed by atoms with E-state index in [0.29, 0.717) is 42.6 Å². The van der Waals surface area contributed by atoms with E-state index in [4.69, 9.17) is 4.74 Å². The highest BCUT2D eigenvalue weighted by Crippen LogP contribution is 2.81. The summed E-state index contributed by atoms with van der Waals surface area (Å²) in [7, 11) is 0. The second-order valence-corrected chi connectivity index (χ2v) is 12.2. The molecular formula is C26H36O5. The first-order chi connectivity index (χ1) is 14.6. The Bertz CT molecular complexity index is 890. The lowest BCUT2D eigenvalue weighted by Crippen LogP contribution is -2.65. The predicted molar refractivity (Wildman–Crippen MR) is 113 cm³/mol. The highest BCUT2D eigenvalue weighted by Gasteiger charge is 2.81. The first-order valence-corrected chi connectivity index (χ1v) is 12.4. The van der Waals surface area contributed by atoms with Gasteiger partial charge in [-0.3, -0.25) is 0 Å². The molecule has 31 heavy (non-hydrogen) atoms. The fourth-order valence-electron chi connectivity index (χ4n) is 9.71. The molecule has 0 aromatic heterocycles. The summed E-state index contributed by atoms with van der Waals surface area (Å²) in [6.07, 6.45) is 5.72. The molecule has 5 unspecified atom stereocenters. The Morgan fingerprint density at radius 2 is 1.74 bits per heavy atom. The van der Waals surface area contributed by atoms with Crippen molar-refractivity contribution in [2.45, 2.75) is 83.0 Å². The number of hydrogen-bond acceptors (Lipinski definition) is 5. The molecular weight excluding hydrogens is 392 g/mol. The zero-order valence-electron chi connectivity index (χ0n) is 18.9. The van der Waals surface area contributed by atoms with Gasteiger partial charge >= 0.3 is 5.97 Å². The van der Waals surface area contributed by atoms with Crippen molar-refractivity contribution in [1.82, 2.24) is 0 Å². The van der Waals surface area contributed by atoms with Crippen molar-refractivity contribution in [3.8, 4) is 11.8 Å². The summed E-state index contributed by atoms with van der Waals surface area (Å²) < 4.78 is 4.99. The molecule has 0 spiro atoms. The van der Waals surface area contributed by atoms with Crippen LogP contribution >= 0.6 is 0 Å². The Balaban J connectivity index is 1.37. The molecule has 12 atom stereocenters.